The highest BCUT2D eigenvalue weighted by molar-refractivity contribution is 5.86. The molecule has 3 aromatic rings. The van der Waals surface area contributed by atoms with Crippen molar-refractivity contribution < 1.29 is 0 Å². The van der Waals surface area contributed by atoms with E-state index < -0.39 is 0 Å². The van der Waals surface area contributed by atoms with Crippen molar-refractivity contribution in [3.8, 4) is 0 Å². The molecule has 3 N–H and O–H groups in total. The van der Waals surface area contributed by atoms with Crippen LogP contribution in [0.15, 0.2) is 48.5 Å². The normalized spacial score (nSPS) is 12.7. The standard InChI is InChI=1S/C17H20N4/c1-12-10-14(21(2)20-12)11-17(19-18)16-9-5-7-13-6-3-4-8-15(13)16/h3-10,17,19H,11,18H2,1-2H3. The molecule has 1 heterocycles. The minimum atomic E-state index is 0.0610. The maximum absolute atomic E-state index is 5.82. The summed E-state index contributed by atoms with van der Waals surface area (Å²) in [5.74, 6) is 5.82. The van der Waals surface area contributed by atoms with Gasteiger partial charge in [-0.3, -0.25) is 16.0 Å². The van der Waals surface area contributed by atoms with Gasteiger partial charge in [-0.25, -0.2) is 0 Å². The molecule has 0 bridgehead atoms. The van der Waals surface area contributed by atoms with Crippen LogP contribution in [0.5, 0.6) is 0 Å². The number of nitrogens with two attached hydrogens (primary N) is 1. The lowest BCUT2D eigenvalue weighted by molar-refractivity contribution is 0.533. The fraction of sp³-hybridized carbons (Fsp3) is 0.235. The molecule has 0 aliphatic rings. The van der Waals surface area contributed by atoms with Crippen LogP contribution in [0, 0.1) is 6.92 Å². The predicted molar refractivity (Wildman–Crippen MR) is 85.7 cm³/mol. The minimum Gasteiger partial charge on any atom is -0.272 e. The summed E-state index contributed by atoms with van der Waals surface area (Å²) in [6, 6.07) is 16.9. The summed E-state index contributed by atoms with van der Waals surface area (Å²) in [5.41, 5.74) is 6.37. The molecule has 0 radical (unpaired) electrons. The zero-order chi connectivity index (χ0) is 14.8. The Hall–Kier alpha value is -2.17. The highest BCUT2D eigenvalue weighted by Gasteiger charge is 2.15. The quantitative estimate of drug-likeness (QED) is 0.570. The van der Waals surface area contributed by atoms with Crippen LogP contribution in [-0.4, -0.2) is 9.78 Å². The van der Waals surface area contributed by atoms with E-state index in [4.69, 9.17) is 5.84 Å². The zero-order valence-electron chi connectivity index (χ0n) is 12.4. The van der Waals surface area contributed by atoms with Gasteiger partial charge in [-0.2, -0.15) is 5.10 Å². The Balaban J connectivity index is 2.00. The van der Waals surface area contributed by atoms with Crippen LogP contribution in [0.1, 0.15) is 23.0 Å². The van der Waals surface area contributed by atoms with Gasteiger partial charge >= 0.3 is 0 Å². The fourth-order valence-corrected chi connectivity index (χ4v) is 2.88. The largest absolute Gasteiger partial charge is 0.272 e. The van der Waals surface area contributed by atoms with Crippen LogP contribution in [-0.2, 0) is 13.5 Å². The first-order valence-corrected chi connectivity index (χ1v) is 7.12. The first kappa shape index (κ1) is 13.8. The second-order valence-corrected chi connectivity index (χ2v) is 5.39. The number of hydrogen-bond acceptors (Lipinski definition) is 3. The Morgan fingerprint density at radius 3 is 2.67 bits per heavy atom. The molecule has 0 spiro atoms. The van der Waals surface area contributed by atoms with Crippen LogP contribution in [0.2, 0.25) is 0 Å². The molecule has 0 fully saturated rings. The number of nitrogens with one attached hydrogen (secondary N) is 1. The van der Waals surface area contributed by atoms with Crippen LogP contribution in [0.4, 0.5) is 0 Å². The van der Waals surface area contributed by atoms with Crippen molar-refractivity contribution in [2.45, 2.75) is 19.4 Å². The molecule has 0 aliphatic carbocycles. The molecule has 4 nitrogen and oxygen atoms in total. The van der Waals surface area contributed by atoms with Gasteiger partial charge in [0.1, 0.15) is 0 Å². The Bertz CT molecular complexity index is 755. The summed E-state index contributed by atoms with van der Waals surface area (Å²) in [7, 11) is 1.97. The molecule has 0 saturated carbocycles. The highest BCUT2D eigenvalue weighted by Crippen LogP contribution is 2.26. The van der Waals surface area contributed by atoms with Gasteiger partial charge in [0.25, 0.3) is 0 Å². The highest BCUT2D eigenvalue weighted by atomic mass is 15.3. The molecule has 0 saturated heterocycles. The van der Waals surface area contributed by atoms with Gasteiger partial charge in [0.2, 0.25) is 0 Å². The van der Waals surface area contributed by atoms with Gasteiger partial charge in [-0.05, 0) is 29.3 Å². The molecular weight excluding hydrogens is 260 g/mol. The van der Waals surface area contributed by atoms with Gasteiger partial charge in [0.05, 0.1) is 11.7 Å². The molecule has 108 valence electrons. The third kappa shape index (κ3) is 2.68. The summed E-state index contributed by atoms with van der Waals surface area (Å²) in [4.78, 5) is 0. The minimum absolute atomic E-state index is 0.0610. The molecule has 2 aromatic carbocycles. The van der Waals surface area contributed by atoms with Crippen LogP contribution < -0.4 is 11.3 Å². The number of aromatic nitrogens is 2. The summed E-state index contributed by atoms with van der Waals surface area (Å²) >= 11 is 0. The number of rotatable bonds is 4. The van der Waals surface area contributed by atoms with Gasteiger partial charge < -0.3 is 0 Å². The topological polar surface area (TPSA) is 55.9 Å². The van der Waals surface area contributed by atoms with E-state index >= 15 is 0 Å². The van der Waals surface area contributed by atoms with Crippen LogP contribution in [0.3, 0.4) is 0 Å². The molecule has 1 aromatic heterocycles. The number of hydrogen-bond donors (Lipinski definition) is 2. The number of benzene rings is 2. The van der Waals surface area contributed by atoms with Crippen molar-refractivity contribution in [1.29, 1.82) is 0 Å². The van der Waals surface area contributed by atoms with E-state index in [1.165, 1.54) is 22.0 Å². The molecule has 0 amide bonds. The van der Waals surface area contributed by atoms with E-state index in [1.807, 2.05) is 18.7 Å². The van der Waals surface area contributed by atoms with Gasteiger partial charge in [-0.15, -0.1) is 0 Å². The van der Waals surface area contributed by atoms with Crippen molar-refractivity contribution in [2.75, 3.05) is 0 Å². The van der Waals surface area contributed by atoms with Gasteiger partial charge in [0, 0.05) is 19.2 Å². The average Bonchev–Trinajstić information content (AvgIpc) is 2.82. The first-order valence-electron chi connectivity index (χ1n) is 7.12. The van der Waals surface area contributed by atoms with Crippen molar-refractivity contribution in [1.82, 2.24) is 15.2 Å². The first-order chi connectivity index (χ1) is 10.2. The number of nitrogens with zero attached hydrogens (tertiary/aromatic N) is 2. The summed E-state index contributed by atoms with van der Waals surface area (Å²) < 4.78 is 1.92. The molecule has 21 heavy (non-hydrogen) atoms. The Morgan fingerprint density at radius 1 is 1.19 bits per heavy atom. The lowest BCUT2D eigenvalue weighted by Gasteiger charge is -2.18. The monoisotopic (exact) mass is 280 g/mol. The Labute approximate surface area is 124 Å². The third-order valence-electron chi connectivity index (χ3n) is 3.91. The predicted octanol–water partition coefficient (Wildman–Crippen LogP) is 2.63. The van der Waals surface area contributed by atoms with E-state index in [0.717, 1.165) is 12.1 Å². The van der Waals surface area contributed by atoms with Crippen molar-refractivity contribution >= 4 is 10.8 Å². The summed E-state index contributed by atoms with van der Waals surface area (Å²) in [6.07, 6.45) is 0.807. The van der Waals surface area contributed by atoms with Crippen molar-refractivity contribution in [3.63, 3.8) is 0 Å². The SMILES string of the molecule is Cc1cc(CC(NN)c2cccc3ccccc23)n(C)n1. The third-order valence-corrected chi connectivity index (χ3v) is 3.91. The second-order valence-electron chi connectivity index (χ2n) is 5.39. The lowest BCUT2D eigenvalue weighted by atomic mass is 9.96. The molecule has 1 unspecified atom stereocenters. The number of fused-ring (bicyclic) bond motifs is 1. The van der Waals surface area contributed by atoms with Gasteiger partial charge in [-0.1, -0.05) is 42.5 Å². The van der Waals surface area contributed by atoms with E-state index in [-0.39, 0.29) is 6.04 Å². The smallest absolute Gasteiger partial charge is 0.0596 e. The second kappa shape index (κ2) is 5.68. The average molecular weight is 280 g/mol. The summed E-state index contributed by atoms with van der Waals surface area (Å²) in [5, 5.41) is 6.87. The maximum atomic E-state index is 5.82. The molecule has 3 rings (SSSR count). The van der Waals surface area contributed by atoms with E-state index in [9.17, 15) is 0 Å². The zero-order valence-corrected chi connectivity index (χ0v) is 12.4. The molecule has 0 aliphatic heterocycles. The molecule has 1 atom stereocenters. The van der Waals surface area contributed by atoms with Crippen molar-refractivity contribution in [2.24, 2.45) is 12.9 Å². The fourth-order valence-electron chi connectivity index (χ4n) is 2.88. The Kier molecular flexibility index (Phi) is 3.73. The molecule has 4 heteroatoms. The summed E-state index contributed by atoms with van der Waals surface area (Å²) in [6.45, 7) is 2.01. The lowest BCUT2D eigenvalue weighted by Crippen LogP contribution is -2.30. The maximum Gasteiger partial charge on any atom is 0.0596 e. The van der Waals surface area contributed by atoms with Crippen LogP contribution in [0.25, 0.3) is 10.8 Å². The Morgan fingerprint density at radius 2 is 1.95 bits per heavy atom. The number of aryl methyl sites for hydroxylation is 2. The molecular formula is C17H20N4. The number of hydrazine groups is 1. The van der Waals surface area contributed by atoms with Crippen LogP contribution >= 0.6 is 0 Å². The van der Waals surface area contributed by atoms with E-state index in [1.54, 1.807) is 0 Å². The van der Waals surface area contributed by atoms with E-state index in [2.05, 4.69) is 59.1 Å². The van der Waals surface area contributed by atoms with Crippen molar-refractivity contribution in [3.05, 3.63) is 65.5 Å². The van der Waals surface area contributed by atoms with E-state index in [0.29, 0.717) is 0 Å². The van der Waals surface area contributed by atoms with Gasteiger partial charge in [0.15, 0.2) is 0 Å².